The maximum absolute atomic E-state index is 11.9. The molecule has 120 valence electrons. The monoisotopic (exact) mass is 332 g/mol. The van der Waals surface area contributed by atoms with E-state index in [1.807, 2.05) is 42.5 Å². The van der Waals surface area contributed by atoms with Crippen LogP contribution in [-0.2, 0) is 6.54 Å². The van der Waals surface area contributed by atoms with Crippen molar-refractivity contribution in [2.45, 2.75) is 12.6 Å². The topological polar surface area (TPSA) is 59.6 Å². The van der Waals surface area contributed by atoms with Gasteiger partial charge >= 0.3 is 6.03 Å². The van der Waals surface area contributed by atoms with Crippen molar-refractivity contribution in [2.75, 3.05) is 13.2 Å². The molecule has 0 spiro atoms. The van der Waals surface area contributed by atoms with Crippen molar-refractivity contribution in [3.05, 3.63) is 59.1 Å². The average molecular weight is 333 g/mol. The highest BCUT2D eigenvalue weighted by molar-refractivity contribution is 6.31. The molecule has 0 aliphatic carbocycles. The third-order valence-electron chi connectivity index (χ3n) is 3.46. The van der Waals surface area contributed by atoms with E-state index < -0.39 is 0 Å². The number of nitrogens with one attached hydrogen (secondary N) is 2. The van der Waals surface area contributed by atoms with Crippen molar-refractivity contribution >= 4 is 17.6 Å². The second-order valence-corrected chi connectivity index (χ2v) is 5.56. The van der Waals surface area contributed by atoms with Gasteiger partial charge in [0.05, 0.1) is 6.54 Å². The van der Waals surface area contributed by atoms with Gasteiger partial charge in [-0.05, 0) is 23.8 Å². The van der Waals surface area contributed by atoms with Crippen LogP contribution in [0.25, 0.3) is 0 Å². The van der Waals surface area contributed by atoms with Gasteiger partial charge in [-0.1, -0.05) is 41.9 Å². The van der Waals surface area contributed by atoms with Crippen LogP contribution in [0.15, 0.2) is 48.5 Å². The molecule has 6 heteroatoms. The molecule has 2 amide bonds. The number of para-hydroxylation sites is 2. The van der Waals surface area contributed by atoms with E-state index in [0.29, 0.717) is 30.5 Å². The lowest BCUT2D eigenvalue weighted by Crippen LogP contribution is -2.44. The Morgan fingerprint density at radius 2 is 1.83 bits per heavy atom. The van der Waals surface area contributed by atoms with Gasteiger partial charge in [0.15, 0.2) is 17.6 Å². The first-order valence-corrected chi connectivity index (χ1v) is 7.74. The summed E-state index contributed by atoms with van der Waals surface area (Å²) >= 11 is 6.05. The second-order valence-electron chi connectivity index (χ2n) is 5.15. The van der Waals surface area contributed by atoms with E-state index in [-0.39, 0.29) is 12.1 Å². The van der Waals surface area contributed by atoms with Gasteiger partial charge in [-0.3, -0.25) is 0 Å². The molecule has 1 unspecified atom stereocenters. The van der Waals surface area contributed by atoms with Crippen LogP contribution in [0.3, 0.4) is 0 Å². The van der Waals surface area contributed by atoms with Crippen molar-refractivity contribution in [1.29, 1.82) is 0 Å². The number of fused-ring (bicyclic) bond motifs is 1. The number of halogens is 1. The number of rotatable bonds is 4. The van der Waals surface area contributed by atoms with E-state index in [2.05, 4.69) is 10.6 Å². The molecule has 2 aromatic rings. The Morgan fingerprint density at radius 1 is 1.09 bits per heavy atom. The lowest BCUT2D eigenvalue weighted by molar-refractivity contribution is 0.0918. The molecule has 0 aromatic heterocycles. The van der Waals surface area contributed by atoms with Crippen molar-refractivity contribution in [2.24, 2.45) is 0 Å². The normalized spacial score (nSPS) is 15.8. The van der Waals surface area contributed by atoms with Crippen molar-refractivity contribution in [3.63, 3.8) is 0 Å². The fraction of sp³-hybridized carbons (Fsp3) is 0.235. The standard InChI is InChI=1S/C17H17ClN2O3/c18-14-6-2-1-5-12(14)9-19-17(21)20-10-13-11-22-15-7-3-4-8-16(15)23-13/h1-8,13H,9-11H2,(H2,19,20,21). The van der Waals surface area contributed by atoms with Gasteiger partial charge in [0.25, 0.3) is 0 Å². The number of carbonyl (C=O) groups excluding carboxylic acids is 1. The van der Waals surface area contributed by atoms with Gasteiger partial charge in [-0.25, -0.2) is 4.79 Å². The van der Waals surface area contributed by atoms with Gasteiger partial charge in [0.1, 0.15) is 6.61 Å². The smallest absolute Gasteiger partial charge is 0.315 e. The minimum Gasteiger partial charge on any atom is -0.486 e. The van der Waals surface area contributed by atoms with E-state index in [4.69, 9.17) is 21.1 Å². The van der Waals surface area contributed by atoms with Crippen LogP contribution in [0.5, 0.6) is 11.5 Å². The van der Waals surface area contributed by atoms with E-state index in [1.54, 1.807) is 6.07 Å². The Labute approximate surface area is 139 Å². The van der Waals surface area contributed by atoms with Crippen LogP contribution in [0.1, 0.15) is 5.56 Å². The van der Waals surface area contributed by atoms with E-state index in [1.165, 1.54) is 0 Å². The number of hydrogen-bond donors (Lipinski definition) is 2. The summed E-state index contributed by atoms with van der Waals surface area (Å²) in [6.45, 7) is 1.14. The molecule has 0 bridgehead atoms. The third kappa shape index (κ3) is 4.07. The highest BCUT2D eigenvalue weighted by Gasteiger charge is 2.20. The molecular formula is C17H17ClN2O3. The molecule has 0 fully saturated rings. The predicted molar refractivity (Wildman–Crippen MR) is 88.0 cm³/mol. The number of benzene rings is 2. The molecule has 2 N–H and O–H groups in total. The summed E-state index contributed by atoms with van der Waals surface area (Å²) < 4.78 is 11.4. The number of ether oxygens (including phenoxy) is 2. The Morgan fingerprint density at radius 3 is 2.65 bits per heavy atom. The van der Waals surface area contributed by atoms with E-state index in [0.717, 1.165) is 11.3 Å². The minimum absolute atomic E-state index is 0.212. The molecule has 3 rings (SSSR count). The van der Waals surface area contributed by atoms with Gasteiger partial charge in [-0.15, -0.1) is 0 Å². The maximum atomic E-state index is 11.9. The number of amides is 2. The van der Waals surface area contributed by atoms with Gasteiger partial charge < -0.3 is 20.1 Å². The molecule has 5 nitrogen and oxygen atoms in total. The molecule has 1 aliphatic rings. The predicted octanol–water partition coefficient (Wildman–Crippen LogP) is 2.98. The summed E-state index contributed by atoms with van der Waals surface area (Å²) in [7, 11) is 0. The Kier molecular flexibility index (Phi) is 4.88. The Bertz CT molecular complexity index is 693. The summed E-state index contributed by atoms with van der Waals surface area (Å²) in [4.78, 5) is 11.9. The van der Waals surface area contributed by atoms with Gasteiger partial charge in [0, 0.05) is 11.6 Å². The maximum Gasteiger partial charge on any atom is 0.315 e. The molecule has 23 heavy (non-hydrogen) atoms. The van der Waals surface area contributed by atoms with Crippen LogP contribution >= 0.6 is 11.6 Å². The average Bonchev–Trinajstić information content (AvgIpc) is 2.59. The summed E-state index contributed by atoms with van der Waals surface area (Å²) in [6, 6.07) is 14.6. The molecule has 1 heterocycles. The number of urea groups is 1. The minimum atomic E-state index is -0.271. The first-order chi connectivity index (χ1) is 11.2. The molecule has 0 radical (unpaired) electrons. The highest BCUT2D eigenvalue weighted by Crippen LogP contribution is 2.30. The summed E-state index contributed by atoms with van der Waals surface area (Å²) in [5, 5.41) is 6.18. The summed E-state index contributed by atoms with van der Waals surface area (Å²) in [5.41, 5.74) is 0.871. The molecule has 2 aromatic carbocycles. The van der Waals surface area contributed by atoms with Crippen LogP contribution in [0.4, 0.5) is 4.79 Å². The van der Waals surface area contributed by atoms with E-state index in [9.17, 15) is 4.79 Å². The SMILES string of the molecule is O=C(NCc1ccccc1Cl)NCC1COc2ccccc2O1. The zero-order valence-electron chi connectivity index (χ0n) is 12.4. The Balaban J connectivity index is 1.44. The van der Waals surface area contributed by atoms with Crippen LogP contribution in [0.2, 0.25) is 5.02 Å². The highest BCUT2D eigenvalue weighted by atomic mass is 35.5. The first kappa shape index (κ1) is 15.5. The molecule has 1 aliphatic heterocycles. The number of hydrogen-bond acceptors (Lipinski definition) is 3. The summed E-state index contributed by atoms with van der Waals surface area (Å²) in [6.07, 6.45) is -0.212. The zero-order chi connectivity index (χ0) is 16.1. The van der Waals surface area contributed by atoms with Gasteiger partial charge in [0.2, 0.25) is 0 Å². The molecular weight excluding hydrogens is 316 g/mol. The van der Waals surface area contributed by atoms with E-state index >= 15 is 0 Å². The van der Waals surface area contributed by atoms with Crippen molar-refractivity contribution < 1.29 is 14.3 Å². The quantitative estimate of drug-likeness (QED) is 0.905. The molecule has 0 saturated heterocycles. The van der Waals surface area contributed by atoms with Gasteiger partial charge in [-0.2, -0.15) is 0 Å². The van der Waals surface area contributed by atoms with Crippen LogP contribution in [-0.4, -0.2) is 25.3 Å². The fourth-order valence-electron chi connectivity index (χ4n) is 2.25. The van der Waals surface area contributed by atoms with Crippen LogP contribution in [0, 0.1) is 0 Å². The largest absolute Gasteiger partial charge is 0.486 e. The number of carbonyl (C=O) groups is 1. The molecule has 0 saturated carbocycles. The third-order valence-corrected chi connectivity index (χ3v) is 3.82. The Hall–Kier alpha value is -2.40. The summed E-state index contributed by atoms with van der Waals surface area (Å²) in [5.74, 6) is 1.42. The second kappa shape index (κ2) is 7.24. The zero-order valence-corrected chi connectivity index (χ0v) is 13.2. The van der Waals surface area contributed by atoms with Crippen molar-refractivity contribution in [1.82, 2.24) is 10.6 Å². The first-order valence-electron chi connectivity index (χ1n) is 7.36. The lowest BCUT2D eigenvalue weighted by atomic mass is 10.2. The lowest BCUT2D eigenvalue weighted by Gasteiger charge is -2.26. The fourth-order valence-corrected chi connectivity index (χ4v) is 2.45. The molecule has 1 atom stereocenters. The van der Waals surface area contributed by atoms with Crippen molar-refractivity contribution in [3.8, 4) is 11.5 Å². The van der Waals surface area contributed by atoms with Crippen LogP contribution < -0.4 is 20.1 Å².